The lowest BCUT2D eigenvalue weighted by molar-refractivity contribution is -0.870. The first kappa shape index (κ1) is 75.2. The highest BCUT2D eigenvalue weighted by molar-refractivity contribution is 7.47. The van der Waals surface area contributed by atoms with E-state index in [-0.39, 0.29) is 19.1 Å². The van der Waals surface area contributed by atoms with E-state index in [1.807, 2.05) is 27.2 Å². The third-order valence-electron chi connectivity index (χ3n) is 14.9. The van der Waals surface area contributed by atoms with Gasteiger partial charge < -0.3 is 19.8 Å². The van der Waals surface area contributed by atoms with Crippen LogP contribution in [0.25, 0.3) is 0 Å². The predicted octanol–water partition coefficient (Wildman–Crippen LogP) is 20.8. The van der Waals surface area contributed by atoms with Crippen LogP contribution in [0.4, 0.5) is 0 Å². The van der Waals surface area contributed by atoms with Crippen molar-refractivity contribution in [2.45, 2.75) is 328 Å². The number of allylic oxidation sites excluding steroid dienone is 9. The molecule has 0 aliphatic rings. The van der Waals surface area contributed by atoms with Crippen LogP contribution in [0.5, 0.6) is 0 Å². The molecule has 0 radical (unpaired) electrons. The van der Waals surface area contributed by atoms with E-state index in [0.717, 1.165) is 51.4 Å². The molecule has 0 spiro atoms. The topological polar surface area (TPSA) is 105 Å². The maximum absolute atomic E-state index is 13.0. The van der Waals surface area contributed by atoms with Crippen LogP contribution < -0.4 is 5.32 Å². The molecule has 0 saturated carbocycles. The van der Waals surface area contributed by atoms with E-state index in [9.17, 15) is 19.4 Å². The first-order chi connectivity index (χ1) is 37.5. The number of nitrogens with one attached hydrogen (secondary N) is 1. The van der Waals surface area contributed by atoms with Crippen LogP contribution in [0.3, 0.4) is 0 Å². The van der Waals surface area contributed by atoms with Crippen LogP contribution in [0.1, 0.15) is 316 Å². The summed E-state index contributed by atoms with van der Waals surface area (Å²) >= 11 is 0. The van der Waals surface area contributed by atoms with Gasteiger partial charge in [0.15, 0.2) is 0 Å². The third-order valence-corrected chi connectivity index (χ3v) is 15.9. The Morgan fingerprint density at radius 1 is 0.442 bits per heavy atom. The first-order valence-electron chi connectivity index (χ1n) is 33.2. The van der Waals surface area contributed by atoms with Crippen LogP contribution >= 0.6 is 7.82 Å². The Labute approximate surface area is 479 Å². The van der Waals surface area contributed by atoms with Crippen molar-refractivity contribution < 1.29 is 32.9 Å². The van der Waals surface area contributed by atoms with Crippen LogP contribution in [0.15, 0.2) is 60.8 Å². The maximum Gasteiger partial charge on any atom is 0.472 e. The van der Waals surface area contributed by atoms with Gasteiger partial charge in [0.1, 0.15) is 13.2 Å². The molecular formula is C68H130N2O6P+. The second-order valence-corrected chi connectivity index (χ2v) is 25.3. The molecule has 77 heavy (non-hydrogen) atoms. The first-order valence-corrected chi connectivity index (χ1v) is 34.7. The lowest BCUT2D eigenvalue weighted by Gasteiger charge is -2.25. The minimum absolute atomic E-state index is 0.0528. The molecule has 1 amide bonds. The van der Waals surface area contributed by atoms with E-state index < -0.39 is 20.0 Å². The molecule has 0 aromatic rings. The minimum atomic E-state index is -4.37. The zero-order chi connectivity index (χ0) is 56.3. The molecule has 0 heterocycles. The largest absolute Gasteiger partial charge is 0.472 e. The molecule has 0 aromatic carbocycles. The van der Waals surface area contributed by atoms with Gasteiger partial charge in [-0.15, -0.1) is 0 Å². The average molecular weight is 1100 g/mol. The SMILES string of the molecule is CCCCCCCCCCC/C=C\C/C=C\CCCCCCCCCCCCCCCCCC(=O)NC(COP(=O)(O)OCC[N+](C)(C)C)C(O)/C=C/CC/C=C/CC/C=C/CCCCCCCCCCCCCCCC. The van der Waals surface area contributed by atoms with E-state index in [0.29, 0.717) is 17.4 Å². The standard InChI is InChI=1S/C68H129N2O6P/c1-6-8-10-12-14-16-18-20-22-24-26-28-30-32-33-34-35-36-37-38-40-42-44-46-48-50-52-54-56-58-60-62-68(72)69-66(65-76-77(73,74)75-64-63-70(3,4)5)67(71)61-59-57-55-53-51-49-47-45-43-41-39-31-29-27-25-23-21-19-17-15-13-11-9-7-2/h26,28,32-33,43,45,51,53,59,61,66-67,71H,6-25,27,29-31,34-42,44,46-50,52,54-58,60,62-65H2,1-5H3,(H-,69,72,73,74)/p+1/b28-26-,33-32-,45-43+,53-51+,61-59+. The number of amides is 1. The highest BCUT2D eigenvalue weighted by Gasteiger charge is 2.28. The number of carbonyl (C=O) groups excluding carboxylic acids is 1. The van der Waals surface area contributed by atoms with E-state index >= 15 is 0 Å². The van der Waals surface area contributed by atoms with Crippen molar-refractivity contribution in [3.05, 3.63) is 60.8 Å². The van der Waals surface area contributed by atoms with E-state index in [1.165, 1.54) is 244 Å². The number of phosphoric acid groups is 1. The summed E-state index contributed by atoms with van der Waals surface area (Å²) in [4.78, 5) is 23.4. The van der Waals surface area contributed by atoms with Crippen molar-refractivity contribution in [2.75, 3.05) is 40.9 Å². The van der Waals surface area contributed by atoms with E-state index in [4.69, 9.17) is 9.05 Å². The molecule has 0 aliphatic heterocycles. The molecule has 3 unspecified atom stereocenters. The molecular weight excluding hydrogens is 972 g/mol. The Morgan fingerprint density at radius 3 is 1.12 bits per heavy atom. The smallest absolute Gasteiger partial charge is 0.387 e. The fourth-order valence-corrected chi connectivity index (χ4v) is 10.5. The van der Waals surface area contributed by atoms with Gasteiger partial charge in [-0.25, -0.2) is 4.57 Å². The number of aliphatic hydroxyl groups is 1. The molecule has 0 saturated heterocycles. The van der Waals surface area contributed by atoms with Gasteiger partial charge in [-0.05, 0) is 77.0 Å². The summed E-state index contributed by atoms with van der Waals surface area (Å²) in [5, 5.41) is 14.0. The number of quaternary nitrogens is 1. The van der Waals surface area contributed by atoms with Gasteiger partial charge in [-0.3, -0.25) is 13.8 Å². The summed E-state index contributed by atoms with van der Waals surface area (Å²) in [5.74, 6) is -0.188. The molecule has 3 atom stereocenters. The molecule has 9 heteroatoms. The number of phosphoric ester groups is 1. The van der Waals surface area contributed by atoms with Gasteiger partial charge in [0.25, 0.3) is 0 Å². The maximum atomic E-state index is 13.0. The Balaban J connectivity index is 4.15. The van der Waals surface area contributed by atoms with E-state index in [2.05, 4.69) is 67.8 Å². The zero-order valence-electron chi connectivity index (χ0n) is 51.7. The van der Waals surface area contributed by atoms with Gasteiger partial charge in [-0.1, -0.05) is 293 Å². The monoisotopic (exact) mass is 1100 g/mol. The molecule has 8 nitrogen and oxygen atoms in total. The number of unbranched alkanes of at least 4 members (excludes halogenated alkanes) is 40. The molecule has 0 aromatic heterocycles. The van der Waals surface area contributed by atoms with Gasteiger partial charge in [-0.2, -0.15) is 0 Å². The van der Waals surface area contributed by atoms with Crippen molar-refractivity contribution in [1.29, 1.82) is 0 Å². The quantitative estimate of drug-likeness (QED) is 0.0243. The van der Waals surface area contributed by atoms with Gasteiger partial charge in [0.05, 0.1) is 39.9 Å². The van der Waals surface area contributed by atoms with Crippen molar-refractivity contribution in [1.82, 2.24) is 5.32 Å². The lowest BCUT2D eigenvalue weighted by atomic mass is 10.0. The predicted molar refractivity (Wildman–Crippen MR) is 337 cm³/mol. The molecule has 0 fully saturated rings. The Kier molecular flexibility index (Phi) is 57.5. The van der Waals surface area contributed by atoms with Crippen LogP contribution in [-0.4, -0.2) is 73.4 Å². The molecule has 0 bridgehead atoms. The fourth-order valence-electron chi connectivity index (χ4n) is 9.75. The van der Waals surface area contributed by atoms with Crippen molar-refractivity contribution in [3.8, 4) is 0 Å². The number of likely N-dealkylation sites (N-methyl/N-ethyl adjacent to an activating group) is 1. The summed E-state index contributed by atoms with van der Waals surface area (Å²) in [6, 6.07) is -0.873. The molecule has 0 aliphatic carbocycles. The third kappa shape index (κ3) is 61.7. The van der Waals surface area contributed by atoms with Gasteiger partial charge in [0, 0.05) is 6.42 Å². The molecule has 452 valence electrons. The van der Waals surface area contributed by atoms with Gasteiger partial charge >= 0.3 is 7.82 Å². The summed E-state index contributed by atoms with van der Waals surface area (Å²) in [5.41, 5.74) is 0. The zero-order valence-corrected chi connectivity index (χ0v) is 52.6. The summed E-state index contributed by atoms with van der Waals surface area (Å²) in [6.45, 7) is 4.82. The number of hydrogen-bond acceptors (Lipinski definition) is 5. The van der Waals surface area contributed by atoms with E-state index in [1.54, 1.807) is 6.08 Å². The normalized spacial score (nSPS) is 14.1. The van der Waals surface area contributed by atoms with Gasteiger partial charge in [0.2, 0.25) is 5.91 Å². The Morgan fingerprint density at radius 2 is 0.753 bits per heavy atom. The fraction of sp³-hybridized carbons (Fsp3) is 0.838. The number of aliphatic hydroxyl groups excluding tert-OH is 1. The van der Waals surface area contributed by atoms with Crippen molar-refractivity contribution in [3.63, 3.8) is 0 Å². The summed E-state index contributed by atoms with van der Waals surface area (Å²) in [6.07, 6.45) is 80.7. The van der Waals surface area contributed by atoms with Crippen LogP contribution in [-0.2, 0) is 18.4 Å². The second-order valence-electron chi connectivity index (χ2n) is 23.8. The Hall–Kier alpha value is -1.80. The lowest BCUT2D eigenvalue weighted by Crippen LogP contribution is -2.45. The highest BCUT2D eigenvalue weighted by atomic mass is 31.2. The van der Waals surface area contributed by atoms with Crippen LogP contribution in [0, 0.1) is 0 Å². The summed E-state index contributed by atoms with van der Waals surface area (Å²) < 4.78 is 23.8. The number of carbonyl (C=O) groups is 1. The summed E-state index contributed by atoms with van der Waals surface area (Å²) in [7, 11) is 1.55. The average Bonchev–Trinajstić information content (AvgIpc) is 3.39. The van der Waals surface area contributed by atoms with Crippen molar-refractivity contribution >= 4 is 13.7 Å². The van der Waals surface area contributed by atoms with Crippen LogP contribution in [0.2, 0.25) is 0 Å². The Bertz CT molecular complexity index is 1440. The molecule has 0 rings (SSSR count). The number of rotatable bonds is 61. The molecule has 3 N–H and O–H groups in total. The second kappa shape index (κ2) is 58.8. The van der Waals surface area contributed by atoms with Crippen molar-refractivity contribution in [2.24, 2.45) is 0 Å². The minimum Gasteiger partial charge on any atom is -0.387 e. The number of nitrogens with zero attached hydrogens (tertiary/aromatic N) is 1. The highest BCUT2D eigenvalue weighted by Crippen LogP contribution is 2.43. The number of hydrogen-bond donors (Lipinski definition) is 3.